The van der Waals surface area contributed by atoms with Crippen LogP contribution in [-0.4, -0.2) is 13.0 Å². The number of carbonyl (C=O) groups excluding carboxylic acids is 1. The van der Waals surface area contributed by atoms with Crippen LogP contribution in [0.25, 0.3) is 0 Å². The number of para-hydroxylation sites is 1. The van der Waals surface area contributed by atoms with Crippen LogP contribution in [0.4, 0.5) is 11.4 Å². The summed E-state index contributed by atoms with van der Waals surface area (Å²) in [6.45, 7) is 0. The lowest BCUT2D eigenvalue weighted by molar-refractivity contribution is 0.102. The smallest absolute Gasteiger partial charge is 0.257 e. The van der Waals surface area contributed by atoms with Crippen molar-refractivity contribution in [1.29, 1.82) is 0 Å². The lowest BCUT2D eigenvalue weighted by Crippen LogP contribution is -2.14. The molecule has 0 atom stereocenters. The fourth-order valence-corrected chi connectivity index (χ4v) is 2.00. The van der Waals surface area contributed by atoms with E-state index in [0.29, 0.717) is 22.7 Å². The standard InChI is InChI=1S/C14H13BrN2O2/c1-19-9-6-7-12(16)10(8-9)14(18)17-13-5-3-2-4-11(13)15/h2-8H,16H2,1H3,(H,17,18). The van der Waals surface area contributed by atoms with E-state index in [9.17, 15) is 4.79 Å². The van der Waals surface area contributed by atoms with E-state index in [1.54, 1.807) is 31.4 Å². The van der Waals surface area contributed by atoms with Crippen LogP contribution in [0, 0.1) is 0 Å². The molecule has 2 aromatic carbocycles. The molecule has 0 heterocycles. The molecule has 0 saturated carbocycles. The number of halogens is 1. The van der Waals surface area contributed by atoms with Crippen molar-refractivity contribution in [3.8, 4) is 5.75 Å². The van der Waals surface area contributed by atoms with E-state index in [2.05, 4.69) is 21.2 Å². The zero-order valence-electron chi connectivity index (χ0n) is 10.3. The summed E-state index contributed by atoms with van der Waals surface area (Å²) in [6.07, 6.45) is 0. The summed E-state index contributed by atoms with van der Waals surface area (Å²) >= 11 is 3.37. The van der Waals surface area contributed by atoms with Gasteiger partial charge in [-0.3, -0.25) is 4.79 Å². The van der Waals surface area contributed by atoms with Crippen molar-refractivity contribution in [2.45, 2.75) is 0 Å². The molecule has 0 aliphatic heterocycles. The highest BCUT2D eigenvalue weighted by Crippen LogP contribution is 2.24. The summed E-state index contributed by atoms with van der Waals surface area (Å²) in [5, 5.41) is 2.80. The predicted molar refractivity (Wildman–Crippen MR) is 79.5 cm³/mol. The Balaban J connectivity index is 2.28. The second-order valence-electron chi connectivity index (χ2n) is 3.89. The first-order valence-corrected chi connectivity index (χ1v) is 6.40. The third kappa shape index (κ3) is 3.06. The topological polar surface area (TPSA) is 64.3 Å². The van der Waals surface area contributed by atoms with Crippen molar-refractivity contribution >= 4 is 33.2 Å². The maximum Gasteiger partial charge on any atom is 0.257 e. The first kappa shape index (κ1) is 13.4. The maximum atomic E-state index is 12.2. The summed E-state index contributed by atoms with van der Waals surface area (Å²) in [7, 11) is 1.54. The minimum Gasteiger partial charge on any atom is -0.497 e. The van der Waals surface area contributed by atoms with Gasteiger partial charge >= 0.3 is 0 Å². The Labute approximate surface area is 119 Å². The number of methoxy groups -OCH3 is 1. The first-order chi connectivity index (χ1) is 9.11. The number of ether oxygens (including phenoxy) is 1. The zero-order valence-corrected chi connectivity index (χ0v) is 11.9. The van der Waals surface area contributed by atoms with Crippen LogP contribution in [0.1, 0.15) is 10.4 Å². The van der Waals surface area contributed by atoms with Gasteiger partial charge in [0.25, 0.3) is 5.91 Å². The number of hydrogen-bond acceptors (Lipinski definition) is 3. The van der Waals surface area contributed by atoms with Crippen molar-refractivity contribution in [2.75, 3.05) is 18.2 Å². The number of rotatable bonds is 3. The van der Waals surface area contributed by atoms with Crippen molar-refractivity contribution in [3.63, 3.8) is 0 Å². The Morgan fingerprint density at radius 2 is 2.00 bits per heavy atom. The Morgan fingerprint density at radius 3 is 2.68 bits per heavy atom. The first-order valence-electron chi connectivity index (χ1n) is 5.61. The van der Waals surface area contributed by atoms with Gasteiger partial charge in [-0.1, -0.05) is 12.1 Å². The molecule has 5 heteroatoms. The Kier molecular flexibility index (Phi) is 4.06. The summed E-state index contributed by atoms with van der Waals surface area (Å²) in [5.74, 6) is 0.315. The Hall–Kier alpha value is -2.01. The second kappa shape index (κ2) is 5.75. The molecule has 19 heavy (non-hydrogen) atoms. The predicted octanol–water partition coefficient (Wildman–Crippen LogP) is 3.29. The molecule has 2 rings (SSSR count). The van der Waals surface area contributed by atoms with Gasteiger partial charge in [0.1, 0.15) is 5.75 Å². The molecule has 0 unspecified atom stereocenters. The number of nitrogens with one attached hydrogen (secondary N) is 1. The number of anilines is 2. The number of carbonyl (C=O) groups is 1. The number of amides is 1. The van der Waals surface area contributed by atoms with Crippen molar-refractivity contribution in [3.05, 3.63) is 52.5 Å². The van der Waals surface area contributed by atoms with E-state index in [1.165, 1.54) is 0 Å². The van der Waals surface area contributed by atoms with Crippen molar-refractivity contribution < 1.29 is 9.53 Å². The molecular weight excluding hydrogens is 308 g/mol. The van der Waals surface area contributed by atoms with Crippen LogP contribution in [0.5, 0.6) is 5.75 Å². The van der Waals surface area contributed by atoms with Gasteiger partial charge in [-0.2, -0.15) is 0 Å². The van der Waals surface area contributed by atoms with Gasteiger partial charge in [0, 0.05) is 10.2 Å². The molecular formula is C14H13BrN2O2. The minimum atomic E-state index is -0.275. The van der Waals surface area contributed by atoms with Gasteiger partial charge in [-0.25, -0.2) is 0 Å². The summed E-state index contributed by atoms with van der Waals surface area (Å²) in [4.78, 5) is 12.2. The van der Waals surface area contributed by atoms with Crippen LogP contribution >= 0.6 is 15.9 Å². The average Bonchev–Trinajstić information content (AvgIpc) is 2.42. The molecule has 0 spiro atoms. The van der Waals surface area contributed by atoms with Crippen molar-refractivity contribution in [2.24, 2.45) is 0 Å². The lowest BCUT2D eigenvalue weighted by Gasteiger charge is -2.10. The summed E-state index contributed by atoms with van der Waals surface area (Å²) < 4.78 is 5.90. The highest BCUT2D eigenvalue weighted by molar-refractivity contribution is 9.10. The summed E-state index contributed by atoms with van der Waals surface area (Å²) in [5.41, 5.74) is 7.29. The van der Waals surface area contributed by atoms with Gasteiger partial charge in [-0.15, -0.1) is 0 Å². The molecule has 0 radical (unpaired) electrons. The molecule has 4 nitrogen and oxygen atoms in total. The Morgan fingerprint density at radius 1 is 1.26 bits per heavy atom. The molecule has 3 N–H and O–H groups in total. The molecule has 0 saturated heterocycles. The fraction of sp³-hybridized carbons (Fsp3) is 0.0714. The third-order valence-electron chi connectivity index (χ3n) is 2.63. The molecule has 0 aromatic heterocycles. The second-order valence-corrected chi connectivity index (χ2v) is 4.74. The monoisotopic (exact) mass is 320 g/mol. The molecule has 2 aromatic rings. The van der Waals surface area contributed by atoms with Crippen LogP contribution in [-0.2, 0) is 0 Å². The number of hydrogen-bond donors (Lipinski definition) is 2. The van der Waals surface area contributed by atoms with Gasteiger partial charge in [0.2, 0.25) is 0 Å². The quantitative estimate of drug-likeness (QED) is 0.853. The zero-order chi connectivity index (χ0) is 13.8. The minimum absolute atomic E-state index is 0.275. The van der Waals surface area contributed by atoms with Crippen molar-refractivity contribution in [1.82, 2.24) is 0 Å². The average molecular weight is 321 g/mol. The third-order valence-corrected chi connectivity index (χ3v) is 3.32. The summed E-state index contributed by atoms with van der Waals surface area (Å²) in [6, 6.07) is 12.3. The molecule has 0 bridgehead atoms. The van der Waals surface area contributed by atoms with E-state index < -0.39 is 0 Å². The van der Waals surface area contributed by atoms with Crippen LogP contribution < -0.4 is 15.8 Å². The van der Waals surface area contributed by atoms with Gasteiger partial charge in [0.05, 0.1) is 18.4 Å². The Bertz CT molecular complexity index is 614. The van der Waals surface area contributed by atoms with Gasteiger partial charge < -0.3 is 15.8 Å². The largest absolute Gasteiger partial charge is 0.497 e. The molecule has 0 aliphatic rings. The number of nitrogens with two attached hydrogens (primary N) is 1. The highest BCUT2D eigenvalue weighted by Gasteiger charge is 2.12. The number of benzene rings is 2. The molecule has 98 valence electrons. The van der Waals surface area contributed by atoms with Crippen LogP contribution in [0.2, 0.25) is 0 Å². The fourth-order valence-electron chi connectivity index (χ4n) is 1.61. The molecule has 0 aliphatic carbocycles. The molecule has 0 fully saturated rings. The van der Waals surface area contributed by atoms with Crippen LogP contribution in [0.15, 0.2) is 46.9 Å². The number of nitrogen functional groups attached to an aromatic ring is 1. The van der Waals surface area contributed by atoms with Gasteiger partial charge in [-0.05, 0) is 46.3 Å². The van der Waals surface area contributed by atoms with E-state index >= 15 is 0 Å². The SMILES string of the molecule is COc1ccc(N)c(C(=O)Nc2ccccc2Br)c1. The highest BCUT2D eigenvalue weighted by atomic mass is 79.9. The lowest BCUT2D eigenvalue weighted by atomic mass is 10.1. The van der Waals surface area contributed by atoms with E-state index in [4.69, 9.17) is 10.5 Å². The van der Waals surface area contributed by atoms with E-state index in [-0.39, 0.29) is 5.91 Å². The normalized spacial score (nSPS) is 10.0. The molecule has 1 amide bonds. The van der Waals surface area contributed by atoms with E-state index in [1.807, 2.05) is 18.2 Å². The maximum absolute atomic E-state index is 12.2. The van der Waals surface area contributed by atoms with Gasteiger partial charge in [0.15, 0.2) is 0 Å². The van der Waals surface area contributed by atoms with E-state index in [0.717, 1.165) is 4.47 Å². The van der Waals surface area contributed by atoms with Crippen LogP contribution in [0.3, 0.4) is 0 Å².